The Kier molecular flexibility index (Phi) is 8.21. The van der Waals surface area contributed by atoms with Gasteiger partial charge in [0.05, 0.1) is 6.04 Å². The number of rotatable bonds is 5. The highest BCUT2D eigenvalue weighted by atomic mass is 16.3. The second-order valence-corrected chi connectivity index (χ2v) is 19.5. The zero-order chi connectivity index (χ0) is 41.0. The van der Waals surface area contributed by atoms with Gasteiger partial charge in [-0.25, -0.2) is 0 Å². The van der Waals surface area contributed by atoms with Gasteiger partial charge in [0.2, 0.25) is 0 Å². The third kappa shape index (κ3) is 5.80. The minimum absolute atomic E-state index is 0.145. The first-order valence-electron chi connectivity index (χ1n) is 22.5. The van der Waals surface area contributed by atoms with Crippen LogP contribution in [0.4, 0.5) is 0 Å². The van der Waals surface area contributed by atoms with E-state index in [2.05, 4.69) is 173 Å². The van der Waals surface area contributed by atoms with Crippen LogP contribution in [0, 0.1) is 34.5 Å². The van der Waals surface area contributed by atoms with E-state index < -0.39 is 0 Å². The fourth-order valence-corrected chi connectivity index (χ4v) is 12.3. The Labute approximate surface area is 359 Å². The van der Waals surface area contributed by atoms with Crippen LogP contribution in [0.1, 0.15) is 81.7 Å². The minimum Gasteiger partial charge on any atom is -0.456 e. The van der Waals surface area contributed by atoms with Crippen molar-refractivity contribution < 1.29 is 4.42 Å². The number of nitrogens with one attached hydrogen (secondary N) is 1. The van der Waals surface area contributed by atoms with Crippen LogP contribution in [0.25, 0.3) is 44.3 Å². The predicted octanol–water partition coefficient (Wildman–Crippen LogP) is 14.6. The maximum atomic E-state index is 6.28. The van der Waals surface area contributed by atoms with E-state index in [1.165, 1.54) is 47.9 Å². The van der Waals surface area contributed by atoms with Crippen molar-refractivity contribution in [2.24, 2.45) is 39.5 Å². The van der Waals surface area contributed by atoms with Crippen LogP contribution >= 0.6 is 0 Å². The number of para-hydroxylation sites is 1. The second-order valence-electron chi connectivity index (χ2n) is 19.5. The first-order chi connectivity index (χ1) is 29.7. The third-order valence-corrected chi connectivity index (χ3v) is 15.6. The molecule has 6 aromatic rings. The van der Waals surface area contributed by atoms with Gasteiger partial charge in [0.25, 0.3) is 0 Å². The van der Waals surface area contributed by atoms with Gasteiger partial charge in [-0.15, -0.1) is 0 Å². The molecule has 5 aliphatic carbocycles. The van der Waals surface area contributed by atoms with E-state index in [9.17, 15) is 0 Å². The molecule has 3 heteroatoms. The maximum absolute atomic E-state index is 6.28. The van der Waals surface area contributed by atoms with Crippen LogP contribution in [0.15, 0.2) is 189 Å². The summed E-state index contributed by atoms with van der Waals surface area (Å²) < 4.78 is 6.28. The van der Waals surface area contributed by atoms with Crippen molar-refractivity contribution in [2.75, 3.05) is 0 Å². The summed E-state index contributed by atoms with van der Waals surface area (Å²) in [6.45, 7) is 10.1. The van der Waals surface area contributed by atoms with Crippen molar-refractivity contribution in [3.63, 3.8) is 0 Å². The zero-order valence-electron chi connectivity index (χ0n) is 35.6. The topological polar surface area (TPSA) is 37.5 Å². The van der Waals surface area contributed by atoms with Crippen molar-refractivity contribution in [1.82, 2.24) is 5.32 Å². The molecule has 5 aromatic carbocycles. The molecule has 0 saturated heterocycles. The maximum Gasteiger partial charge on any atom is 0.136 e. The third-order valence-electron chi connectivity index (χ3n) is 15.6. The summed E-state index contributed by atoms with van der Waals surface area (Å²) in [6.07, 6.45) is 19.9. The summed E-state index contributed by atoms with van der Waals surface area (Å²) in [5.74, 6) is 3.42. The summed E-state index contributed by atoms with van der Waals surface area (Å²) in [7, 11) is 0. The van der Waals surface area contributed by atoms with Gasteiger partial charge in [-0.1, -0.05) is 167 Å². The Hall–Kier alpha value is -6.19. The smallest absolute Gasteiger partial charge is 0.136 e. The number of hydrogen-bond donors (Lipinski definition) is 1. The van der Waals surface area contributed by atoms with Gasteiger partial charge in [0, 0.05) is 33.0 Å². The number of fused-ring (bicyclic) bond motifs is 8. The van der Waals surface area contributed by atoms with E-state index in [0.29, 0.717) is 23.7 Å². The zero-order valence-corrected chi connectivity index (χ0v) is 35.6. The van der Waals surface area contributed by atoms with Gasteiger partial charge in [0.15, 0.2) is 0 Å². The van der Waals surface area contributed by atoms with Crippen LogP contribution in [-0.4, -0.2) is 5.84 Å². The number of benzene rings is 5. The van der Waals surface area contributed by atoms with Crippen molar-refractivity contribution in [3.05, 3.63) is 202 Å². The summed E-state index contributed by atoms with van der Waals surface area (Å²) in [6, 6.07) is 43.3. The number of aliphatic imine (C=N–C) groups is 1. The monoisotopic (exact) mass is 792 g/mol. The highest BCUT2D eigenvalue weighted by Gasteiger charge is 2.58. The van der Waals surface area contributed by atoms with Crippen LogP contribution in [0.2, 0.25) is 0 Å². The van der Waals surface area contributed by atoms with Gasteiger partial charge in [-0.2, -0.15) is 0 Å². The highest BCUT2D eigenvalue weighted by Crippen LogP contribution is 2.67. The Bertz CT molecular complexity index is 2990. The second kappa shape index (κ2) is 13.7. The molecule has 0 radical (unpaired) electrons. The predicted molar refractivity (Wildman–Crippen MR) is 253 cm³/mol. The van der Waals surface area contributed by atoms with E-state index in [1.807, 2.05) is 18.2 Å². The highest BCUT2D eigenvalue weighted by molar-refractivity contribution is 6.07. The SMILES string of the molecule is CC1(C)C2=CCCC=C2C2=C1CC1C3C=C(c4ccc(-c5ccc(C6C=C(c7ccc8c(c7)oc7ccccc78)NC(c7ccccc7)=N6)cc5)cc4)C=CC3C(C)(C)C1C2. The van der Waals surface area contributed by atoms with Gasteiger partial charge in [-0.3, -0.25) is 4.99 Å². The molecule has 5 unspecified atom stereocenters. The van der Waals surface area contributed by atoms with E-state index in [4.69, 9.17) is 9.41 Å². The summed E-state index contributed by atoms with van der Waals surface area (Å²) >= 11 is 0. The molecule has 2 heterocycles. The van der Waals surface area contributed by atoms with Crippen molar-refractivity contribution in [3.8, 4) is 11.1 Å². The molecule has 1 aromatic heterocycles. The fourth-order valence-electron chi connectivity index (χ4n) is 12.3. The lowest BCUT2D eigenvalue weighted by Gasteiger charge is -2.38. The molecule has 1 fully saturated rings. The number of amidine groups is 1. The Morgan fingerprint density at radius 2 is 1.36 bits per heavy atom. The first kappa shape index (κ1) is 36.6. The molecular weight excluding hydrogens is 741 g/mol. The molecule has 61 heavy (non-hydrogen) atoms. The lowest BCUT2D eigenvalue weighted by Crippen LogP contribution is -2.29. The van der Waals surface area contributed by atoms with Gasteiger partial charge < -0.3 is 9.73 Å². The van der Waals surface area contributed by atoms with E-state index in [-0.39, 0.29) is 16.9 Å². The van der Waals surface area contributed by atoms with E-state index in [1.54, 1.807) is 22.3 Å². The molecule has 5 atom stereocenters. The number of allylic oxidation sites excluding steroid dienone is 10. The van der Waals surface area contributed by atoms with Crippen LogP contribution in [0.5, 0.6) is 0 Å². The minimum atomic E-state index is -0.145. The molecule has 300 valence electrons. The lowest BCUT2D eigenvalue weighted by molar-refractivity contribution is 0.179. The van der Waals surface area contributed by atoms with Crippen molar-refractivity contribution in [2.45, 2.75) is 59.4 Å². The molecule has 0 bridgehead atoms. The van der Waals surface area contributed by atoms with Crippen LogP contribution in [0.3, 0.4) is 0 Å². The number of hydrogen-bond acceptors (Lipinski definition) is 3. The summed E-state index contributed by atoms with van der Waals surface area (Å²) in [5, 5.41) is 5.92. The van der Waals surface area contributed by atoms with Crippen molar-refractivity contribution in [1.29, 1.82) is 0 Å². The molecule has 6 aliphatic rings. The average Bonchev–Trinajstić information content (AvgIpc) is 3.87. The molecule has 1 saturated carbocycles. The van der Waals surface area contributed by atoms with Gasteiger partial charge in [-0.05, 0) is 124 Å². The summed E-state index contributed by atoms with van der Waals surface area (Å²) in [4.78, 5) is 5.24. The number of nitrogens with zero attached hydrogens (tertiary/aromatic N) is 1. The van der Waals surface area contributed by atoms with Crippen molar-refractivity contribution >= 4 is 39.0 Å². The molecular formula is C58H52N2O. The first-order valence-corrected chi connectivity index (χ1v) is 22.5. The largest absolute Gasteiger partial charge is 0.456 e. The fraction of sp³-hybridized carbons (Fsp3) is 0.259. The standard InChI is InChI=1S/C58H52N2O/c1-57(2)48-16-10-8-14-42(48)46-32-51-47(33-50(46)57)45-30-40(27-29-49(45)58(51,3)4)37-20-18-35(19-21-37)36-22-24-38(25-23-36)52-34-53(60-56(59-52)39-12-6-5-7-13-39)41-26-28-44-43-15-9-11-17-54(43)61-55(44)31-41/h5-7,9,11-31,34,45,47,49,51-52H,8,10,32-33H2,1-4H3,(H,59,60). The molecule has 0 spiro atoms. The molecule has 12 rings (SSSR count). The quantitative estimate of drug-likeness (QED) is 0.189. The normalized spacial score (nSPS) is 25.7. The van der Waals surface area contributed by atoms with Gasteiger partial charge >= 0.3 is 0 Å². The lowest BCUT2D eigenvalue weighted by atomic mass is 9.66. The van der Waals surface area contributed by atoms with Crippen LogP contribution < -0.4 is 5.32 Å². The Balaban J connectivity index is 0.811. The Morgan fingerprint density at radius 3 is 2.18 bits per heavy atom. The molecule has 1 aliphatic heterocycles. The number of furan rings is 1. The molecule has 0 amide bonds. The summed E-state index contributed by atoms with van der Waals surface area (Å²) in [5.41, 5.74) is 18.3. The van der Waals surface area contributed by atoms with Gasteiger partial charge in [0.1, 0.15) is 17.0 Å². The average molecular weight is 793 g/mol. The van der Waals surface area contributed by atoms with Crippen LogP contribution in [-0.2, 0) is 0 Å². The molecule has 3 nitrogen and oxygen atoms in total. The Morgan fingerprint density at radius 1 is 0.656 bits per heavy atom. The van der Waals surface area contributed by atoms with E-state index in [0.717, 1.165) is 50.2 Å². The molecule has 1 N–H and O–H groups in total. The van der Waals surface area contributed by atoms with E-state index >= 15 is 0 Å².